The second kappa shape index (κ2) is 9.49. The molecule has 0 saturated heterocycles. The predicted octanol–water partition coefficient (Wildman–Crippen LogP) is 4.31. The molecule has 0 spiro atoms. The van der Waals surface area contributed by atoms with Crippen LogP contribution in [0, 0.1) is 0 Å². The van der Waals surface area contributed by atoms with E-state index in [2.05, 4.69) is 15.6 Å². The van der Waals surface area contributed by atoms with E-state index in [-0.39, 0.29) is 17.8 Å². The highest BCUT2D eigenvalue weighted by Crippen LogP contribution is 2.23. The zero-order valence-electron chi connectivity index (χ0n) is 17.4. The van der Waals surface area contributed by atoms with Crippen molar-refractivity contribution in [3.8, 4) is 0 Å². The number of hydrogen-bond acceptors (Lipinski definition) is 3. The largest absolute Gasteiger partial charge is 0.350 e. The third-order valence-electron chi connectivity index (χ3n) is 5.00. The number of amides is 2. The van der Waals surface area contributed by atoms with Crippen LogP contribution in [0.15, 0.2) is 84.8 Å². The third-order valence-corrected chi connectivity index (χ3v) is 5.32. The standard InChI is InChI=1S/C25H21ClN4O2/c1-30-16-17(19-9-3-5-12-23(19)30)14-22(25(32)28-15-18-8-6-7-13-27-18)29-24(31)20-10-2-4-11-21(20)26/h2-14,16H,15H2,1H3,(H,28,32)(H,29,31)/b22-14-. The Kier molecular flexibility index (Phi) is 6.33. The summed E-state index contributed by atoms with van der Waals surface area (Å²) < 4.78 is 1.97. The lowest BCUT2D eigenvalue weighted by Crippen LogP contribution is -2.34. The van der Waals surface area contributed by atoms with Gasteiger partial charge in [0.25, 0.3) is 11.8 Å². The molecule has 0 radical (unpaired) electrons. The SMILES string of the molecule is Cn1cc(/C=C(\NC(=O)c2ccccc2Cl)C(=O)NCc2ccccn2)c2ccccc21. The lowest BCUT2D eigenvalue weighted by atomic mass is 10.1. The fourth-order valence-corrected chi connectivity index (χ4v) is 3.63. The Morgan fingerprint density at radius 3 is 2.56 bits per heavy atom. The maximum atomic E-state index is 13.1. The number of carbonyl (C=O) groups excluding carboxylic acids is 2. The Bertz CT molecular complexity index is 1310. The van der Waals surface area contributed by atoms with Gasteiger partial charge < -0.3 is 15.2 Å². The van der Waals surface area contributed by atoms with Crippen LogP contribution in [0.2, 0.25) is 5.02 Å². The molecule has 0 atom stereocenters. The van der Waals surface area contributed by atoms with Crippen molar-refractivity contribution in [3.63, 3.8) is 0 Å². The lowest BCUT2D eigenvalue weighted by Gasteiger charge is -2.11. The van der Waals surface area contributed by atoms with E-state index in [4.69, 9.17) is 11.6 Å². The minimum Gasteiger partial charge on any atom is -0.350 e. The number of carbonyl (C=O) groups is 2. The van der Waals surface area contributed by atoms with Crippen molar-refractivity contribution in [1.29, 1.82) is 0 Å². The summed E-state index contributed by atoms with van der Waals surface area (Å²) in [5.41, 5.74) is 2.94. The first-order chi connectivity index (χ1) is 15.5. The van der Waals surface area contributed by atoms with Gasteiger partial charge in [-0.1, -0.05) is 48.0 Å². The molecule has 0 aliphatic heterocycles. The average Bonchev–Trinajstić information content (AvgIpc) is 3.13. The number of pyridine rings is 1. The van der Waals surface area contributed by atoms with Gasteiger partial charge in [-0.25, -0.2) is 0 Å². The van der Waals surface area contributed by atoms with Gasteiger partial charge in [0.15, 0.2) is 0 Å². The summed E-state index contributed by atoms with van der Waals surface area (Å²) in [7, 11) is 1.93. The molecule has 0 saturated carbocycles. The van der Waals surface area contributed by atoms with Gasteiger partial charge >= 0.3 is 0 Å². The van der Waals surface area contributed by atoms with Crippen LogP contribution in [-0.4, -0.2) is 21.4 Å². The summed E-state index contributed by atoms with van der Waals surface area (Å²) in [4.78, 5) is 30.1. The Labute approximate surface area is 190 Å². The van der Waals surface area contributed by atoms with Gasteiger partial charge in [0.2, 0.25) is 0 Å². The van der Waals surface area contributed by atoms with E-state index in [1.165, 1.54) is 0 Å². The van der Waals surface area contributed by atoms with Crippen molar-refractivity contribution in [1.82, 2.24) is 20.2 Å². The predicted molar refractivity (Wildman–Crippen MR) is 126 cm³/mol. The number of para-hydroxylation sites is 1. The van der Waals surface area contributed by atoms with Gasteiger partial charge in [-0.15, -0.1) is 0 Å². The number of fused-ring (bicyclic) bond motifs is 1. The molecular weight excluding hydrogens is 424 g/mol. The maximum Gasteiger partial charge on any atom is 0.268 e. The van der Waals surface area contributed by atoms with Crippen LogP contribution in [0.3, 0.4) is 0 Å². The van der Waals surface area contributed by atoms with Crippen LogP contribution < -0.4 is 10.6 Å². The van der Waals surface area contributed by atoms with Crippen LogP contribution in [0.5, 0.6) is 0 Å². The van der Waals surface area contributed by atoms with Gasteiger partial charge in [0, 0.05) is 35.9 Å². The number of hydrogen-bond donors (Lipinski definition) is 2. The smallest absolute Gasteiger partial charge is 0.268 e. The fraction of sp³-hybridized carbons (Fsp3) is 0.0800. The monoisotopic (exact) mass is 444 g/mol. The number of nitrogens with one attached hydrogen (secondary N) is 2. The first-order valence-corrected chi connectivity index (χ1v) is 10.4. The van der Waals surface area contributed by atoms with Crippen molar-refractivity contribution in [3.05, 3.63) is 107 Å². The first-order valence-electron chi connectivity index (χ1n) is 10.0. The topological polar surface area (TPSA) is 76.0 Å². The van der Waals surface area contributed by atoms with Gasteiger partial charge in [-0.05, 0) is 36.4 Å². The minimum absolute atomic E-state index is 0.113. The van der Waals surface area contributed by atoms with E-state index in [1.807, 2.05) is 54.2 Å². The minimum atomic E-state index is -0.463. The fourth-order valence-electron chi connectivity index (χ4n) is 3.41. The highest BCUT2D eigenvalue weighted by molar-refractivity contribution is 6.34. The number of nitrogens with zero attached hydrogens (tertiary/aromatic N) is 2. The van der Waals surface area contributed by atoms with E-state index in [0.29, 0.717) is 10.7 Å². The molecule has 2 N–H and O–H groups in total. The third kappa shape index (κ3) is 4.71. The summed E-state index contributed by atoms with van der Waals surface area (Å²) in [5, 5.41) is 6.83. The molecular formula is C25H21ClN4O2. The second-order valence-corrected chi connectivity index (χ2v) is 7.62. The summed E-state index contributed by atoms with van der Waals surface area (Å²) in [5.74, 6) is -0.890. The molecule has 0 fully saturated rings. The summed E-state index contributed by atoms with van der Waals surface area (Å²) >= 11 is 6.17. The lowest BCUT2D eigenvalue weighted by molar-refractivity contribution is -0.117. The van der Waals surface area contributed by atoms with Gasteiger partial charge in [0.05, 0.1) is 22.8 Å². The Balaban J connectivity index is 1.67. The molecule has 2 aromatic heterocycles. The summed E-state index contributed by atoms with van der Waals surface area (Å²) in [6.45, 7) is 0.231. The zero-order valence-corrected chi connectivity index (χ0v) is 18.1. The van der Waals surface area contributed by atoms with Crippen molar-refractivity contribution in [2.45, 2.75) is 6.54 Å². The first kappa shape index (κ1) is 21.3. The molecule has 6 nitrogen and oxygen atoms in total. The highest BCUT2D eigenvalue weighted by Gasteiger charge is 2.17. The van der Waals surface area contributed by atoms with Crippen LogP contribution in [0.1, 0.15) is 21.6 Å². The Morgan fingerprint density at radius 1 is 1.03 bits per heavy atom. The van der Waals surface area contributed by atoms with Crippen molar-refractivity contribution in [2.24, 2.45) is 7.05 Å². The average molecular weight is 445 g/mol. The van der Waals surface area contributed by atoms with E-state index in [9.17, 15) is 9.59 Å². The van der Waals surface area contributed by atoms with Crippen molar-refractivity contribution in [2.75, 3.05) is 0 Å². The second-order valence-electron chi connectivity index (χ2n) is 7.21. The number of aromatic nitrogens is 2. The maximum absolute atomic E-state index is 13.1. The Morgan fingerprint density at radius 2 is 1.78 bits per heavy atom. The molecule has 2 heterocycles. The van der Waals surface area contributed by atoms with E-state index < -0.39 is 11.8 Å². The molecule has 2 amide bonds. The molecule has 0 aliphatic rings. The molecule has 7 heteroatoms. The summed E-state index contributed by atoms with van der Waals surface area (Å²) in [6, 6.07) is 20.0. The van der Waals surface area contributed by atoms with Crippen molar-refractivity contribution < 1.29 is 9.59 Å². The zero-order chi connectivity index (χ0) is 22.5. The van der Waals surface area contributed by atoms with Gasteiger partial charge in [0.1, 0.15) is 5.70 Å². The summed E-state index contributed by atoms with van der Waals surface area (Å²) in [6.07, 6.45) is 5.25. The van der Waals surface area contributed by atoms with Crippen molar-refractivity contribution >= 4 is 40.4 Å². The molecule has 4 rings (SSSR count). The van der Waals surface area contributed by atoms with Crippen LogP contribution in [0.4, 0.5) is 0 Å². The molecule has 0 aliphatic carbocycles. The van der Waals surface area contributed by atoms with E-state index >= 15 is 0 Å². The number of rotatable bonds is 6. The van der Waals surface area contributed by atoms with Crippen LogP contribution >= 0.6 is 11.6 Å². The number of aryl methyl sites for hydroxylation is 1. The van der Waals surface area contributed by atoms with E-state index in [1.54, 1.807) is 42.6 Å². The van der Waals surface area contributed by atoms with Gasteiger partial charge in [-0.3, -0.25) is 14.6 Å². The molecule has 0 bridgehead atoms. The molecule has 32 heavy (non-hydrogen) atoms. The number of halogens is 1. The Hall–Kier alpha value is -3.90. The van der Waals surface area contributed by atoms with Crippen LogP contribution in [-0.2, 0) is 18.4 Å². The van der Waals surface area contributed by atoms with E-state index in [0.717, 1.165) is 16.5 Å². The molecule has 4 aromatic rings. The van der Waals surface area contributed by atoms with Crippen LogP contribution in [0.25, 0.3) is 17.0 Å². The quantitative estimate of drug-likeness (QED) is 0.435. The molecule has 160 valence electrons. The highest BCUT2D eigenvalue weighted by atomic mass is 35.5. The molecule has 2 aromatic carbocycles. The normalized spacial score (nSPS) is 11.4. The number of benzene rings is 2. The molecule has 0 unspecified atom stereocenters. The van der Waals surface area contributed by atoms with Gasteiger partial charge in [-0.2, -0.15) is 0 Å².